The molecule has 2 saturated heterocycles. The Labute approximate surface area is 185 Å². The van der Waals surface area contributed by atoms with Crippen LogP contribution in [0.4, 0.5) is 4.79 Å². The second-order valence-electron chi connectivity index (χ2n) is 9.30. The monoisotopic (exact) mass is 431 g/mol. The second kappa shape index (κ2) is 10.8. The summed E-state index contributed by atoms with van der Waals surface area (Å²) in [7, 11) is 5.41. The number of hydrogen-bond acceptors (Lipinski definition) is 4. The molecule has 31 heavy (non-hydrogen) atoms. The van der Waals surface area contributed by atoms with Crippen molar-refractivity contribution in [2.75, 3.05) is 47.4 Å². The fourth-order valence-electron chi connectivity index (χ4n) is 5.70. The molecule has 2 amide bonds. The molecule has 1 aromatic carbocycles. The number of rotatable bonds is 4. The summed E-state index contributed by atoms with van der Waals surface area (Å²) in [5, 5.41) is 6.89. The van der Waals surface area contributed by atoms with Gasteiger partial charge in [-0.25, -0.2) is 4.79 Å². The van der Waals surface area contributed by atoms with Gasteiger partial charge in [0.05, 0.1) is 13.2 Å². The third-order valence-corrected chi connectivity index (χ3v) is 7.07. The zero-order chi connectivity index (χ0) is 22.4. The molecule has 1 N–H and O–H groups in total. The van der Waals surface area contributed by atoms with Crippen LogP contribution in [0.15, 0.2) is 24.3 Å². The topological polar surface area (TPSA) is 73.3 Å². The summed E-state index contributed by atoms with van der Waals surface area (Å²) in [6.07, 6.45) is 7.04. The molecule has 4 rings (SSSR count). The second-order valence-corrected chi connectivity index (χ2v) is 9.30. The molecule has 3 aliphatic rings. The zero-order valence-electron chi connectivity index (χ0n) is 19.1. The highest BCUT2D eigenvalue weighted by molar-refractivity contribution is 5.75. The summed E-state index contributed by atoms with van der Waals surface area (Å²) >= 11 is 0. The first-order chi connectivity index (χ1) is 15.0. The van der Waals surface area contributed by atoms with E-state index in [2.05, 4.69) is 21.9 Å². The van der Waals surface area contributed by atoms with Gasteiger partial charge in [0, 0.05) is 46.2 Å². The number of hydrogen-bond donors (Lipinski definition) is 1. The van der Waals surface area contributed by atoms with Crippen molar-refractivity contribution in [1.82, 2.24) is 14.7 Å². The minimum absolute atomic E-state index is 0.133. The third kappa shape index (κ3) is 5.50. The molecule has 3 fully saturated rings. The van der Waals surface area contributed by atoms with E-state index >= 15 is 0 Å². The molecule has 0 aromatic heterocycles. The van der Waals surface area contributed by atoms with Gasteiger partial charge in [0.1, 0.15) is 5.75 Å². The molecule has 2 aliphatic heterocycles. The van der Waals surface area contributed by atoms with Crippen LogP contribution in [0.2, 0.25) is 0 Å². The summed E-state index contributed by atoms with van der Waals surface area (Å²) < 4.78 is 5.34. The van der Waals surface area contributed by atoms with Crippen LogP contribution < -0.4 is 4.74 Å². The van der Waals surface area contributed by atoms with E-state index in [1.54, 1.807) is 12.0 Å². The number of urea groups is 1. The van der Waals surface area contributed by atoms with Gasteiger partial charge in [-0.3, -0.25) is 4.79 Å². The molecule has 1 aromatic rings. The Hall–Kier alpha value is -2.28. The molecule has 0 spiro atoms. The molecular weight excluding hydrogens is 394 g/mol. The van der Waals surface area contributed by atoms with Crippen LogP contribution >= 0.6 is 0 Å². The molecule has 7 heteroatoms. The van der Waals surface area contributed by atoms with Crippen LogP contribution in [0, 0.1) is 17.8 Å². The number of amides is 2. The van der Waals surface area contributed by atoms with E-state index < -0.39 is 0 Å². The molecule has 0 radical (unpaired) electrons. The minimum atomic E-state index is -0.250. The highest BCUT2D eigenvalue weighted by atomic mass is 16.5. The van der Waals surface area contributed by atoms with Crippen molar-refractivity contribution >= 4 is 12.5 Å². The standard InChI is InChI=1S/C23H35N3O2.CH2O2/c1-24(2)23(27)26-15-19-14-25(13-17-7-5-4-6-8-17)16-21(19)22(26)18-9-11-20(28-3)12-10-18;2-1-3/h9-12,17,19,21-22H,4-8,13-16H2,1-3H3;1H,(H,2,3)/t19-,21-,22+;/m1./s1. The molecular formula is C24H37N3O4. The fraction of sp³-hybridized carbons (Fsp3) is 0.667. The van der Waals surface area contributed by atoms with E-state index in [1.807, 2.05) is 26.2 Å². The lowest BCUT2D eigenvalue weighted by Gasteiger charge is -2.33. The van der Waals surface area contributed by atoms with E-state index in [0.29, 0.717) is 11.8 Å². The predicted octanol–water partition coefficient (Wildman–Crippen LogP) is 3.56. The first kappa shape index (κ1) is 23.4. The Morgan fingerprint density at radius 3 is 2.35 bits per heavy atom. The Morgan fingerprint density at radius 2 is 1.77 bits per heavy atom. The van der Waals surface area contributed by atoms with Crippen LogP contribution in [-0.2, 0) is 4.79 Å². The van der Waals surface area contributed by atoms with Gasteiger partial charge in [-0.1, -0.05) is 31.4 Å². The molecule has 172 valence electrons. The minimum Gasteiger partial charge on any atom is -0.497 e. The molecule has 0 unspecified atom stereocenters. The molecule has 7 nitrogen and oxygen atoms in total. The van der Waals surface area contributed by atoms with Crippen LogP contribution in [0.1, 0.15) is 43.7 Å². The summed E-state index contributed by atoms with van der Waals surface area (Å²) in [5.74, 6) is 2.86. The lowest BCUT2D eigenvalue weighted by atomic mass is 9.89. The van der Waals surface area contributed by atoms with Crippen LogP contribution in [0.25, 0.3) is 0 Å². The van der Waals surface area contributed by atoms with Gasteiger partial charge < -0.3 is 24.5 Å². The van der Waals surface area contributed by atoms with Gasteiger partial charge >= 0.3 is 6.03 Å². The fourth-order valence-corrected chi connectivity index (χ4v) is 5.70. The Balaban J connectivity index is 0.000000858. The van der Waals surface area contributed by atoms with Crippen molar-refractivity contribution in [2.24, 2.45) is 17.8 Å². The van der Waals surface area contributed by atoms with E-state index in [0.717, 1.165) is 31.3 Å². The van der Waals surface area contributed by atoms with Gasteiger partial charge in [-0.15, -0.1) is 0 Å². The maximum atomic E-state index is 12.9. The summed E-state index contributed by atoms with van der Waals surface area (Å²) in [5.41, 5.74) is 1.24. The maximum Gasteiger partial charge on any atom is 0.320 e. The Kier molecular flexibility index (Phi) is 8.18. The molecule has 1 saturated carbocycles. The number of nitrogens with zero attached hydrogens (tertiary/aromatic N) is 3. The first-order valence-corrected chi connectivity index (χ1v) is 11.4. The van der Waals surface area contributed by atoms with E-state index in [4.69, 9.17) is 14.6 Å². The smallest absolute Gasteiger partial charge is 0.320 e. The Bertz CT molecular complexity index is 718. The molecule has 0 bridgehead atoms. The predicted molar refractivity (Wildman–Crippen MR) is 120 cm³/mol. The van der Waals surface area contributed by atoms with Crippen molar-refractivity contribution in [3.63, 3.8) is 0 Å². The summed E-state index contributed by atoms with van der Waals surface area (Å²) in [6.45, 7) is 4.14. The average molecular weight is 432 g/mol. The molecule has 3 atom stereocenters. The number of carbonyl (C=O) groups excluding carboxylic acids is 1. The van der Waals surface area contributed by atoms with Gasteiger partial charge in [0.25, 0.3) is 6.47 Å². The number of methoxy groups -OCH3 is 1. The van der Waals surface area contributed by atoms with Crippen LogP contribution in [-0.4, -0.2) is 79.7 Å². The van der Waals surface area contributed by atoms with Gasteiger partial charge in [-0.2, -0.15) is 0 Å². The number of ether oxygens (including phenoxy) is 1. The first-order valence-electron chi connectivity index (χ1n) is 11.4. The van der Waals surface area contributed by atoms with Crippen LogP contribution in [0.5, 0.6) is 5.75 Å². The van der Waals surface area contributed by atoms with Crippen molar-refractivity contribution < 1.29 is 19.4 Å². The van der Waals surface area contributed by atoms with Crippen LogP contribution in [0.3, 0.4) is 0 Å². The van der Waals surface area contributed by atoms with Crippen molar-refractivity contribution in [2.45, 2.75) is 38.1 Å². The third-order valence-electron chi connectivity index (χ3n) is 7.07. The van der Waals surface area contributed by atoms with Crippen molar-refractivity contribution in [3.05, 3.63) is 29.8 Å². The number of likely N-dealkylation sites (tertiary alicyclic amines) is 2. The van der Waals surface area contributed by atoms with E-state index in [1.165, 1.54) is 44.2 Å². The van der Waals surface area contributed by atoms with Crippen molar-refractivity contribution in [1.29, 1.82) is 0 Å². The number of carboxylic acid groups (broad SMARTS) is 1. The Morgan fingerprint density at radius 1 is 1.13 bits per heavy atom. The van der Waals surface area contributed by atoms with Gasteiger partial charge in [0.15, 0.2) is 0 Å². The number of fused-ring (bicyclic) bond motifs is 1. The lowest BCUT2D eigenvalue weighted by Crippen LogP contribution is -2.41. The summed E-state index contributed by atoms with van der Waals surface area (Å²) in [4.78, 5) is 27.8. The quantitative estimate of drug-likeness (QED) is 0.738. The number of carbonyl (C=O) groups is 2. The number of benzene rings is 1. The van der Waals surface area contributed by atoms with Crippen molar-refractivity contribution in [3.8, 4) is 5.75 Å². The lowest BCUT2D eigenvalue weighted by molar-refractivity contribution is -0.122. The highest BCUT2D eigenvalue weighted by Crippen LogP contribution is 2.46. The maximum absolute atomic E-state index is 12.9. The van der Waals surface area contributed by atoms with Gasteiger partial charge in [-0.05, 0) is 42.4 Å². The normalized spacial score (nSPS) is 26.0. The van der Waals surface area contributed by atoms with Gasteiger partial charge in [0.2, 0.25) is 0 Å². The molecule has 2 heterocycles. The molecule has 1 aliphatic carbocycles. The highest BCUT2D eigenvalue weighted by Gasteiger charge is 2.49. The largest absolute Gasteiger partial charge is 0.497 e. The van der Waals surface area contributed by atoms with E-state index in [-0.39, 0.29) is 18.5 Å². The zero-order valence-corrected chi connectivity index (χ0v) is 19.1. The summed E-state index contributed by atoms with van der Waals surface area (Å²) in [6, 6.07) is 8.64. The SMILES string of the molecule is COc1ccc([C@H]2[C@@H]3CN(CC4CCCCC4)C[C@@H]3CN2C(=O)N(C)C)cc1.O=CO. The van der Waals surface area contributed by atoms with E-state index in [9.17, 15) is 4.79 Å². The average Bonchev–Trinajstić information content (AvgIpc) is 3.31.